The molecule has 0 bridgehead atoms. The first-order valence-corrected chi connectivity index (χ1v) is 8.25. The van der Waals surface area contributed by atoms with Gasteiger partial charge in [0, 0.05) is 35.4 Å². The summed E-state index contributed by atoms with van der Waals surface area (Å²) in [6, 6.07) is 6.85. The second-order valence-corrected chi connectivity index (χ2v) is 6.66. The summed E-state index contributed by atoms with van der Waals surface area (Å²) in [5, 5.41) is 0.803. The molecule has 1 saturated carbocycles. The SMILES string of the molecule is CC(C)CCN(c1cccc(Cl)c1CN)C1CCCC1. The highest BCUT2D eigenvalue weighted by molar-refractivity contribution is 6.31. The minimum Gasteiger partial charge on any atom is -0.368 e. The number of hydrogen-bond donors (Lipinski definition) is 1. The smallest absolute Gasteiger partial charge is 0.0471 e. The molecule has 0 saturated heterocycles. The maximum absolute atomic E-state index is 6.34. The molecule has 0 radical (unpaired) electrons. The van der Waals surface area contributed by atoms with Crippen molar-refractivity contribution in [2.45, 2.75) is 58.5 Å². The Kier molecular flexibility index (Phi) is 5.74. The fraction of sp³-hybridized carbons (Fsp3) is 0.647. The van der Waals surface area contributed by atoms with Gasteiger partial charge in [-0.25, -0.2) is 0 Å². The average molecular weight is 295 g/mol. The van der Waals surface area contributed by atoms with E-state index in [0.717, 1.165) is 23.0 Å². The van der Waals surface area contributed by atoms with Gasteiger partial charge in [0.25, 0.3) is 0 Å². The normalized spacial score (nSPS) is 16.1. The van der Waals surface area contributed by atoms with Gasteiger partial charge in [0.05, 0.1) is 0 Å². The summed E-state index contributed by atoms with van der Waals surface area (Å²) in [7, 11) is 0. The molecule has 3 heteroatoms. The number of hydrogen-bond acceptors (Lipinski definition) is 2. The summed E-state index contributed by atoms with van der Waals surface area (Å²) in [4.78, 5) is 2.57. The number of rotatable bonds is 6. The lowest BCUT2D eigenvalue weighted by Gasteiger charge is -2.33. The summed E-state index contributed by atoms with van der Waals surface area (Å²) in [5.74, 6) is 0.722. The van der Waals surface area contributed by atoms with E-state index in [1.807, 2.05) is 12.1 Å². The number of halogens is 1. The van der Waals surface area contributed by atoms with E-state index < -0.39 is 0 Å². The number of nitrogens with zero attached hydrogens (tertiary/aromatic N) is 1. The van der Waals surface area contributed by atoms with Crippen LogP contribution in [0.5, 0.6) is 0 Å². The first-order chi connectivity index (χ1) is 9.63. The number of anilines is 1. The Morgan fingerprint density at radius 2 is 2.00 bits per heavy atom. The summed E-state index contributed by atoms with van der Waals surface area (Å²) in [6.07, 6.45) is 6.51. The van der Waals surface area contributed by atoms with Gasteiger partial charge in [0.2, 0.25) is 0 Å². The van der Waals surface area contributed by atoms with Gasteiger partial charge in [-0.3, -0.25) is 0 Å². The highest BCUT2D eigenvalue weighted by Gasteiger charge is 2.24. The molecule has 112 valence electrons. The Hall–Kier alpha value is -0.730. The van der Waals surface area contributed by atoms with Gasteiger partial charge in [-0.05, 0) is 37.3 Å². The lowest BCUT2D eigenvalue weighted by molar-refractivity contribution is 0.527. The topological polar surface area (TPSA) is 29.3 Å². The zero-order valence-electron chi connectivity index (χ0n) is 12.7. The van der Waals surface area contributed by atoms with Crippen molar-refractivity contribution in [1.29, 1.82) is 0 Å². The Morgan fingerprint density at radius 3 is 2.60 bits per heavy atom. The van der Waals surface area contributed by atoms with Gasteiger partial charge in [0.15, 0.2) is 0 Å². The van der Waals surface area contributed by atoms with Crippen LogP contribution >= 0.6 is 11.6 Å². The molecule has 1 aromatic carbocycles. The van der Waals surface area contributed by atoms with Crippen LogP contribution in [0.25, 0.3) is 0 Å². The van der Waals surface area contributed by atoms with Crippen LogP contribution in [-0.2, 0) is 6.54 Å². The zero-order valence-corrected chi connectivity index (χ0v) is 13.5. The van der Waals surface area contributed by atoms with Crippen molar-refractivity contribution in [3.63, 3.8) is 0 Å². The minimum absolute atomic E-state index is 0.514. The molecular weight excluding hydrogens is 268 g/mol. The first kappa shape index (κ1) is 15.7. The van der Waals surface area contributed by atoms with Crippen LogP contribution in [0.3, 0.4) is 0 Å². The maximum Gasteiger partial charge on any atom is 0.0471 e. The van der Waals surface area contributed by atoms with Gasteiger partial charge < -0.3 is 10.6 Å². The van der Waals surface area contributed by atoms with Crippen LogP contribution in [0.15, 0.2) is 18.2 Å². The van der Waals surface area contributed by atoms with E-state index in [1.165, 1.54) is 37.8 Å². The molecule has 1 aromatic rings. The quantitative estimate of drug-likeness (QED) is 0.831. The summed E-state index contributed by atoms with van der Waals surface area (Å²) in [5.41, 5.74) is 8.29. The van der Waals surface area contributed by atoms with Gasteiger partial charge in [0.1, 0.15) is 0 Å². The summed E-state index contributed by atoms with van der Waals surface area (Å²) in [6.45, 7) is 6.19. The van der Waals surface area contributed by atoms with E-state index in [2.05, 4.69) is 24.8 Å². The molecule has 0 heterocycles. The second kappa shape index (κ2) is 7.33. The van der Waals surface area contributed by atoms with E-state index in [9.17, 15) is 0 Å². The van der Waals surface area contributed by atoms with E-state index in [-0.39, 0.29) is 0 Å². The van der Waals surface area contributed by atoms with Crippen LogP contribution in [0, 0.1) is 5.92 Å². The largest absolute Gasteiger partial charge is 0.368 e. The molecule has 2 nitrogen and oxygen atoms in total. The predicted octanol–water partition coefficient (Wildman–Crippen LogP) is 4.59. The fourth-order valence-electron chi connectivity index (χ4n) is 3.13. The molecule has 0 amide bonds. The number of nitrogens with two attached hydrogens (primary N) is 1. The van der Waals surface area contributed by atoms with Gasteiger partial charge >= 0.3 is 0 Å². The Morgan fingerprint density at radius 1 is 1.30 bits per heavy atom. The Balaban J connectivity index is 2.27. The molecular formula is C17H27ClN2. The van der Waals surface area contributed by atoms with Crippen molar-refractivity contribution in [1.82, 2.24) is 0 Å². The maximum atomic E-state index is 6.34. The summed E-state index contributed by atoms with van der Waals surface area (Å²) >= 11 is 6.34. The molecule has 1 fully saturated rings. The molecule has 1 aliphatic rings. The Bertz CT molecular complexity index is 425. The first-order valence-electron chi connectivity index (χ1n) is 7.87. The van der Waals surface area contributed by atoms with Crippen LogP contribution in [0.4, 0.5) is 5.69 Å². The van der Waals surface area contributed by atoms with Crippen LogP contribution in [-0.4, -0.2) is 12.6 Å². The zero-order chi connectivity index (χ0) is 14.5. The lowest BCUT2D eigenvalue weighted by atomic mass is 10.1. The number of benzene rings is 1. The minimum atomic E-state index is 0.514. The molecule has 2 N–H and O–H groups in total. The van der Waals surface area contributed by atoms with Gasteiger partial charge in [-0.2, -0.15) is 0 Å². The third-order valence-corrected chi connectivity index (χ3v) is 4.67. The fourth-order valence-corrected chi connectivity index (χ4v) is 3.38. The van der Waals surface area contributed by atoms with Crippen molar-refractivity contribution in [3.8, 4) is 0 Å². The molecule has 0 atom stereocenters. The summed E-state index contributed by atoms with van der Waals surface area (Å²) < 4.78 is 0. The van der Waals surface area contributed by atoms with E-state index in [1.54, 1.807) is 0 Å². The van der Waals surface area contributed by atoms with Crippen molar-refractivity contribution in [3.05, 3.63) is 28.8 Å². The molecule has 20 heavy (non-hydrogen) atoms. The van der Waals surface area contributed by atoms with Crippen LogP contribution in [0.1, 0.15) is 51.5 Å². The molecule has 0 spiro atoms. The van der Waals surface area contributed by atoms with Crippen molar-refractivity contribution < 1.29 is 0 Å². The third kappa shape index (κ3) is 3.67. The van der Waals surface area contributed by atoms with E-state index in [4.69, 9.17) is 17.3 Å². The van der Waals surface area contributed by atoms with Crippen molar-refractivity contribution >= 4 is 17.3 Å². The van der Waals surface area contributed by atoms with Crippen molar-refractivity contribution in [2.24, 2.45) is 11.7 Å². The molecule has 1 aliphatic carbocycles. The van der Waals surface area contributed by atoms with E-state index >= 15 is 0 Å². The standard InChI is InChI=1S/C17H27ClN2/c1-13(2)10-11-20(14-6-3-4-7-14)17-9-5-8-16(18)15(17)12-19/h5,8-9,13-14H,3-4,6-7,10-12,19H2,1-2H3. The highest BCUT2D eigenvalue weighted by atomic mass is 35.5. The molecule has 0 aromatic heterocycles. The van der Waals surface area contributed by atoms with Crippen LogP contribution in [0.2, 0.25) is 5.02 Å². The average Bonchev–Trinajstić information content (AvgIpc) is 2.93. The molecule has 0 unspecified atom stereocenters. The van der Waals surface area contributed by atoms with Crippen molar-refractivity contribution in [2.75, 3.05) is 11.4 Å². The molecule has 2 rings (SSSR count). The van der Waals surface area contributed by atoms with Crippen LogP contribution < -0.4 is 10.6 Å². The van der Waals surface area contributed by atoms with E-state index in [0.29, 0.717) is 12.6 Å². The highest BCUT2D eigenvalue weighted by Crippen LogP contribution is 2.33. The third-order valence-electron chi connectivity index (χ3n) is 4.32. The Labute approximate surface area is 128 Å². The monoisotopic (exact) mass is 294 g/mol. The lowest BCUT2D eigenvalue weighted by Crippen LogP contribution is -2.35. The molecule has 0 aliphatic heterocycles. The second-order valence-electron chi connectivity index (χ2n) is 6.26. The van der Waals surface area contributed by atoms with Gasteiger partial charge in [-0.1, -0.05) is 44.4 Å². The predicted molar refractivity (Wildman–Crippen MR) is 88.4 cm³/mol. The van der Waals surface area contributed by atoms with Gasteiger partial charge in [-0.15, -0.1) is 0 Å².